The van der Waals surface area contributed by atoms with Crippen LogP contribution in [0.15, 0.2) is 24.3 Å². The van der Waals surface area contributed by atoms with Gasteiger partial charge in [0, 0.05) is 11.6 Å². The zero-order valence-electron chi connectivity index (χ0n) is 26.5. The Hall–Kier alpha value is -2.23. The Kier molecular flexibility index (Phi) is 15.6. The standard InChI is InChI=1S/C29H50O2.C6H8O2/c1-20(2)12-9-13-21(3)14-10-15-22(4)16-11-18-29(8)19-17-26-25(7)27(30)23(5)24(6)28(26)31-29;1-2-3-4-5-6(7)8/h20-22,30H,9-19H2,1-8H3;2-5H,1H3,(H,7,8)/t21-,22-,29-;/m1./s1. The largest absolute Gasteiger partial charge is 0.507 e. The van der Waals surface area contributed by atoms with E-state index in [-0.39, 0.29) is 5.60 Å². The fourth-order valence-corrected chi connectivity index (χ4v) is 5.52. The van der Waals surface area contributed by atoms with E-state index in [1.165, 1.54) is 63.0 Å². The molecule has 1 aromatic rings. The van der Waals surface area contributed by atoms with Crippen molar-refractivity contribution in [2.75, 3.05) is 0 Å². The van der Waals surface area contributed by atoms with E-state index in [9.17, 15) is 9.90 Å². The number of phenols is 1. The lowest BCUT2D eigenvalue weighted by Gasteiger charge is -2.38. The highest BCUT2D eigenvalue weighted by molar-refractivity contribution is 5.80. The van der Waals surface area contributed by atoms with Gasteiger partial charge >= 0.3 is 5.97 Å². The SMILES string of the molecule is CC=CC=CC(=O)O.Cc1c(C)c2c(c(C)c1O)CC[C@@](C)(CCC[C@H](C)CCC[C@H](C)CCCC(C)C)O2. The quantitative estimate of drug-likeness (QED) is 0.181. The Bertz CT molecular complexity index is 943. The smallest absolute Gasteiger partial charge is 0.328 e. The number of benzene rings is 1. The van der Waals surface area contributed by atoms with Crippen molar-refractivity contribution in [3.63, 3.8) is 0 Å². The summed E-state index contributed by atoms with van der Waals surface area (Å²) < 4.78 is 6.60. The number of fused-ring (bicyclic) bond motifs is 1. The molecule has 4 heteroatoms. The van der Waals surface area contributed by atoms with Crippen molar-refractivity contribution in [3.8, 4) is 11.5 Å². The van der Waals surface area contributed by atoms with Crippen LogP contribution in [0.4, 0.5) is 0 Å². The summed E-state index contributed by atoms with van der Waals surface area (Å²) >= 11 is 0. The molecule has 1 aliphatic heterocycles. The lowest BCUT2D eigenvalue weighted by molar-refractivity contribution is -0.131. The van der Waals surface area contributed by atoms with Crippen LogP contribution in [-0.2, 0) is 11.2 Å². The number of ether oxygens (including phenoxy) is 1. The third-order valence-corrected chi connectivity index (χ3v) is 8.41. The number of rotatable bonds is 14. The minimum atomic E-state index is -0.914. The van der Waals surface area contributed by atoms with Crippen LogP contribution < -0.4 is 4.74 Å². The first-order valence-corrected chi connectivity index (χ1v) is 15.3. The molecular weight excluding hydrogens is 484 g/mol. The van der Waals surface area contributed by atoms with Crippen LogP contribution in [-0.4, -0.2) is 21.8 Å². The lowest BCUT2D eigenvalue weighted by atomic mass is 9.84. The van der Waals surface area contributed by atoms with Crippen LogP contribution >= 0.6 is 0 Å². The van der Waals surface area contributed by atoms with Crippen LogP contribution in [0.1, 0.15) is 128 Å². The molecule has 0 saturated heterocycles. The predicted octanol–water partition coefficient (Wildman–Crippen LogP) is 10.0. The normalized spacial score (nSPS) is 18.5. The molecule has 0 aliphatic carbocycles. The average Bonchev–Trinajstić information content (AvgIpc) is 2.86. The van der Waals surface area contributed by atoms with Crippen molar-refractivity contribution in [2.24, 2.45) is 17.8 Å². The molecule has 1 aliphatic rings. The molecule has 1 aromatic carbocycles. The minimum absolute atomic E-state index is 0.0712. The Morgan fingerprint density at radius 2 is 1.46 bits per heavy atom. The molecule has 3 atom stereocenters. The second-order valence-electron chi connectivity index (χ2n) is 12.7. The molecule has 0 saturated carbocycles. The third-order valence-electron chi connectivity index (χ3n) is 8.41. The predicted molar refractivity (Wildman–Crippen MR) is 166 cm³/mol. The molecule has 0 radical (unpaired) electrons. The van der Waals surface area contributed by atoms with Gasteiger partial charge in [-0.25, -0.2) is 4.79 Å². The summed E-state index contributed by atoms with van der Waals surface area (Å²) in [6.07, 6.45) is 20.0. The number of hydrogen-bond donors (Lipinski definition) is 2. The fraction of sp³-hybridized carbons (Fsp3) is 0.686. The van der Waals surface area contributed by atoms with Gasteiger partial charge in [0.05, 0.1) is 0 Å². The maximum absolute atomic E-state index is 10.4. The highest BCUT2D eigenvalue weighted by Gasteiger charge is 2.34. The number of hydrogen-bond acceptors (Lipinski definition) is 3. The molecule has 0 bridgehead atoms. The topological polar surface area (TPSA) is 66.8 Å². The van der Waals surface area contributed by atoms with E-state index in [2.05, 4.69) is 41.5 Å². The summed E-state index contributed by atoms with van der Waals surface area (Å²) in [5, 5.41) is 18.4. The van der Waals surface area contributed by atoms with Crippen LogP contribution in [0.3, 0.4) is 0 Å². The second-order valence-corrected chi connectivity index (χ2v) is 12.7. The maximum atomic E-state index is 10.4. The monoisotopic (exact) mass is 542 g/mol. The summed E-state index contributed by atoms with van der Waals surface area (Å²) in [7, 11) is 0. The van der Waals surface area contributed by atoms with Crippen molar-refractivity contribution in [2.45, 2.75) is 139 Å². The number of carbonyl (C=O) groups is 1. The van der Waals surface area contributed by atoms with Gasteiger partial charge < -0.3 is 14.9 Å². The van der Waals surface area contributed by atoms with Gasteiger partial charge in [0.15, 0.2) is 0 Å². The van der Waals surface area contributed by atoms with Crippen LogP contribution in [0.2, 0.25) is 0 Å². The van der Waals surface area contributed by atoms with Crippen molar-refractivity contribution in [1.82, 2.24) is 0 Å². The number of aromatic hydroxyl groups is 1. The van der Waals surface area contributed by atoms with Gasteiger partial charge in [-0.15, -0.1) is 0 Å². The van der Waals surface area contributed by atoms with E-state index < -0.39 is 5.97 Å². The summed E-state index contributed by atoms with van der Waals surface area (Å²) in [5.74, 6) is 3.12. The van der Waals surface area contributed by atoms with E-state index in [4.69, 9.17) is 9.84 Å². The number of carboxylic acids is 1. The molecule has 39 heavy (non-hydrogen) atoms. The van der Waals surface area contributed by atoms with Crippen LogP contribution in [0.25, 0.3) is 0 Å². The summed E-state index contributed by atoms with van der Waals surface area (Å²) in [6.45, 7) is 19.8. The first-order chi connectivity index (χ1) is 18.3. The van der Waals surface area contributed by atoms with Gasteiger partial charge in [-0.2, -0.15) is 0 Å². The summed E-state index contributed by atoms with van der Waals surface area (Å²) in [5.41, 5.74) is 4.23. The van der Waals surface area contributed by atoms with E-state index in [1.807, 2.05) is 20.8 Å². The molecule has 1 heterocycles. The molecule has 4 nitrogen and oxygen atoms in total. The Balaban J connectivity index is 0.000000824. The highest BCUT2D eigenvalue weighted by atomic mass is 16.5. The van der Waals surface area contributed by atoms with Crippen LogP contribution in [0.5, 0.6) is 11.5 Å². The van der Waals surface area contributed by atoms with Crippen LogP contribution in [0, 0.1) is 38.5 Å². The average molecular weight is 543 g/mol. The number of carboxylic acid groups (broad SMARTS) is 1. The van der Waals surface area contributed by atoms with Gasteiger partial charge in [-0.1, -0.05) is 90.9 Å². The minimum Gasteiger partial charge on any atom is -0.507 e. The fourth-order valence-electron chi connectivity index (χ4n) is 5.52. The maximum Gasteiger partial charge on any atom is 0.328 e. The summed E-state index contributed by atoms with van der Waals surface area (Å²) in [6, 6.07) is 0. The van der Waals surface area contributed by atoms with Crippen molar-refractivity contribution in [1.29, 1.82) is 0 Å². The zero-order chi connectivity index (χ0) is 29.6. The molecule has 2 rings (SSSR count). The van der Waals surface area contributed by atoms with Gasteiger partial charge in [-0.3, -0.25) is 0 Å². The van der Waals surface area contributed by atoms with E-state index in [0.29, 0.717) is 5.75 Å². The van der Waals surface area contributed by atoms with Crippen molar-refractivity contribution < 1.29 is 19.7 Å². The number of aliphatic carboxylic acids is 1. The number of phenolic OH excluding ortho intramolecular Hbond substituents is 1. The zero-order valence-corrected chi connectivity index (χ0v) is 26.5. The second kappa shape index (κ2) is 17.5. The molecular formula is C35H58O4. The highest BCUT2D eigenvalue weighted by Crippen LogP contribution is 2.44. The van der Waals surface area contributed by atoms with E-state index >= 15 is 0 Å². The third kappa shape index (κ3) is 12.7. The van der Waals surface area contributed by atoms with Crippen molar-refractivity contribution in [3.05, 3.63) is 46.6 Å². The van der Waals surface area contributed by atoms with E-state index in [0.717, 1.165) is 65.5 Å². The van der Waals surface area contributed by atoms with Gasteiger partial charge in [0.1, 0.15) is 17.1 Å². The first-order valence-electron chi connectivity index (χ1n) is 15.3. The number of allylic oxidation sites excluding steroid dienone is 3. The van der Waals surface area contributed by atoms with E-state index in [1.54, 1.807) is 12.2 Å². The Morgan fingerprint density at radius 3 is 2.00 bits per heavy atom. The molecule has 0 aromatic heterocycles. The molecule has 2 N–H and O–H groups in total. The lowest BCUT2D eigenvalue weighted by Crippen LogP contribution is -2.37. The van der Waals surface area contributed by atoms with Gasteiger partial charge in [0.25, 0.3) is 0 Å². The Labute approximate surface area is 239 Å². The Morgan fingerprint density at radius 1 is 0.897 bits per heavy atom. The van der Waals surface area contributed by atoms with Gasteiger partial charge in [-0.05, 0) is 94.7 Å². The molecule has 222 valence electrons. The van der Waals surface area contributed by atoms with Gasteiger partial charge in [0.2, 0.25) is 0 Å². The summed E-state index contributed by atoms with van der Waals surface area (Å²) in [4.78, 5) is 9.75. The molecule has 0 spiro atoms. The molecule has 0 unspecified atom stereocenters. The van der Waals surface area contributed by atoms with Crippen molar-refractivity contribution >= 4 is 5.97 Å². The first kappa shape index (κ1) is 34.8. The molecule has 0 fully saturated rings. The molecule has 0 amide bonds.